The normalized spacial score (nSPS) is 18.7. The van der Waals surface area contributed by atoms with Gasteiger partial charge < -0.3 is 4.74 Å². The highest BCUT2D eigenvalue weighted by Gasteiger charge is 2.28. The van der Waals surface area contributed by atoms with Crippen LogP contribution in [0.4, 0.5) is 5.69 Å². The Morgan fingerprint density at radius 3 is 2.87 bits per heavy atom. The van der Waals surface area contributed by atoms with Gasteiger partial charge in [0.05, 0.1) is 33.5 Å². The molecule has 0 N–H and O–H groups in total. The van der Waals surface area contributed by atoms with Crippen LogP contribution in [0.1, 0.15) is 44.9 Å². The summed E-state index contributed by atoms with van der Waals surface area (Å²) in [6.07, 6.45) is 4.19. The average molecular weight is 314 g/mol. The van der Waals surface area contributed by atoms with Crippen LogP contribution in [0, 0.1) is 21.4 Å². The van der Waals surface area contributed by atoms with Crippen molar-refractivity contribution in [1.29, 1.82) is 5.26 Å². The lowest BCUT2D eigenvalue weighted by Crippen LogP contribution is -2.19. The molecule has 0 spiro atoms. The minimum Gasteiger partial charge on any atom is -0.356 e. The van der Waals surface area contributed by atoms with E-state index in [-0.39, 0.29) is 11.9 Å². The van der Waals surface area contributed by atoms with E-state index in [9.17, 15) is 15.4 Å². The van der Waals surface area contributed by atoms with Crippen LogP contribution in [0.2, 0.25) is 0 Å². The van der Waals surface area contributed by atoms with Crippen LogP contribution >= 0.6 is 0 Å². The van der Waals surface area contributed by atoms with Crippen LogP contribution < -0.4 is 0 Å². The summed E-state index contributed by atoms with van der Waals surface area (Å²) in [5.74, 6) is 0. The highest BCUT2D eigenvalue weighted by molar-refractivity contribution is 5.89. The van der Waals surface area contributed by atoms with Gasteiger partial charge in [0.1, 0.15) is 0 Å². The average Bonchev–Trinajstić information content (AvgIpc) is 2.98. The monoisotopic (exact) mass is 314 g/mol. The molecular formula is C16H18N4O3. The third-order valence-corrected chi connectivity index (χ3v) is 4.32. The van der Waals surface area contributed by atoms with E-state index in [4.69, 9.17) is 4.74 Å². The SMILES string of the molecule is CC(C)(C#N)c1cc([N+](=O)[O-])c2cnn(C3CCCCO3)c2c1. The van der Waals surface area contributed by atoms with Gasteiger partial charge in [0.25, 0.3) is 5.69 Å². The van der Waals surface area contributed by atoms with Crippen molar-refractivity contribution < 1.29 is 9.66 Å². The van der Waals surface area contributed by atoms with Crippen LogP contribution in [-0.4, -0.2) is 21.3 Å². The molecule has 0 saturated carbocycles. The molecule has 7 heteroatoms. The van der Waals surface area contributed by atoms with Crippen LogP contribution in [0.3, 0.4) is 0 Å². The number of nitro groups is 1. The fraction of sp³-hybridized carbons (Fsp3) is 0.500. The predicted octanol–water partition coefficient (Wildman–Crippen LogP) is 3.44. The number of nitrogens with zero attached hydrogens (tertiary/aromatic N) is 4. The molecule has 1 aliphatic rings. The van der Waals surface area contributed by atoms with Gasteiger partial charge >= 0.3 is 0 Å². The first kappa shape index (κ1) is 15.4. The molecule has 1 aromatic carbocycles. The Bertz CT molecular complexity index is 797. The van der Waals surface area contributed by atoms with E-state index < -0.39 is 10.3 Å². The van der Waals surface area contributed by atoms with Crippen molar-refractivity contribution in [3.8, 4) is 6.07 Å². The van der Waals surface area contributed by atoms with Crippen LogP contribution in [-0.2, 0) is 10.2 Å². The Morgan fingerprint density at radius 1 is 1.48 bits per heavy atom. The number of non-ortho nitro benzene ring substituents is 1. The molecule has 2 aromatic rings. The van der Waals surface area contributed by atoms with Gasteiger partial charge in [0.2, 0.25) is 0 Å². The molecule has 7 nitrogen and oxygen atoms in total. The second-order valence-corrected chi connectivity index (χ2v) is 6.33. The summed E-state index contributed by atoms with van der Waals surface area (Å²) in [6, 6.07) is 5.48. The Morgan fingerprint density at radius 2 is 2.26 bits per heavy atom. The van der Waals surface area contributed by atoms with Crippen molar-refractivity contribution >= 4 is 16.6 Å². The lowest BCUT2D eigenvalue weighted by Gasteiger charge is -2.24. The van der Waals surface area contributed by atoms with Gasteiger partial charge in [-0.2, -0.15) is 10.4 Å². The largest absolute Gasteiger partial charge is 0.356 e. The molecule has 1 fully saturated rings. The lowest BCUT2D eigenvalue weighted by atomic mass is 9.85. The molecule has 23 heavy (non-hydrogen) atoms. The number of nitriles is 1. The van der Waals surface area contributed by atoms with Gasteiger partial charge in [-0.15, -0.1) is 0 Å². The molecule has 0 radical (unpaired) electrons. The summed E-state index contributed by atoms with van der Waals surface area (Å²) in [5.41, 5.74) is 0.408. The zero-order valence-electron chi connectivity index (χ0n) is 13.2. The van der Waals surface area contributed by atoms with Crippen molar-refractivity contribution in [2.75, 3.05) is 6.61 Å². The van der Waals surface area contributed by atoms with E-state index in [0.717, 1.165) is 19.3 Å². The maximum atomic E-state index is 11.4. The first-order valence-corrected chi connectivity index (χ1v) is 7.63. The summed E-state index contributed by atoms with van der Waals surface area (Å²) >= 11 is 0. The fourth-order valence-corrected chi connectivity index (χ4v) is 2.85. The molecule has 1 aliphatic heterocycles. The number of fused-ring (bicyclic) bond motifs is 1. The van der Waals surface area contributed by atoms with Crippen molar-refractivity contribution in [2.24, 2.45) is 0 Å². The third-order valence-electron chi connectivity index (χ3n) is 4.32. The zero-order chi connectivity index (χ0) is 16.6. The number of hydrogen-bond donors (Lipinski definition) is 0. The number of aromatic nitrogens is 2. The van der Waals surface area contributed by atoms with Gasteiger partial charge in [0, 0.05) is 12.7 Å². The Kier molecular flexibility index (Phi) is 3.78. The second kappa shape index (κ2) is 5.63. The van der Waals surface area contributed by atoms with Crippen molar-refractivity contribution in [2.45, 2.75) is 44.8 Å². The zero-order valence-corrected chi connectivity index (χ0v) is 13.2. The van der Waals surface area contributed by atoms with E-state index in [2.05, 4.69) is 11.2 Å². The minimum atomic E-state index is -0.818. The van der Waals surface area contributed by atoms with Crippen molar-refractivity contribution in [3.63, 3.8) is 0 Å². The molecule has 3 rings (SSSR count). The van der Waals surface area contributed by atoms with Gasteiger partial charge in [-0.1, -0.05) is 0 Å². The summed E-state index contributed by atoms with van der Waals surface area (Å²) in [6.45, 7) is 4.16. The minimum absolute atomic E-state index is 0.0251. The van der Waals surface area contributed by atoms with E-state index in [1.165, 1.54) is 12.3 Å². The summed E-state index contributed by atoms with van der Waals surface area (Å²) in [7, 11) is 0. The first-order chi connectivity index (χ1) is 10.9. The molecule has 0 amide bonds. The van der Waals surface area contributed by atoms with Gasteiger partial charge in [0.15, 0.2) is 6.23 Å². The van der Waals surface area contributed by atoms with Gasteiger partial charge in [-0.3, -0.25) is 10.1 Å². The first-order valence-electron chi connectivity index (χ1n) is 7.63. The maximum absolute atomic E-state index is 11.4. The standard InChI is InChI=1S/C16H18N4O3/c1-16(2,10-17)11-7-13-12(14(8-11)20(21)22)9-18-19(13)15-5-3-4-6-23-15/h7-9,15H,3-6H2,1-2H3. The van der Waals surface area contributed by atoms with Crippen molar-refractivity contribution in [3.05, 3.63) is 34.0 Å². The highest BCUT2D eigenvalue weighted by atomic mass is 16.6. The van der Waals surface area contributed by atoms with Crippen molar-refractivity contribution in [1.82, 2.24) is 9.78 Å². The molecular weight excluding hydrogens is 296 g/mol. The summed E-state index contributed by atoms with van der Waals surface area (Å²) in [4.78, 5) is 11.0. The second-order valence-electron chi connectivity index (χ2n) is 6.33. The highest BCUT2D eigenvalue weighted by Crippen LogP contribution is 2.35. The Balaban J connectivity index is 2.21. The summed E-state index contributed by atoms with van der Waals surface area (Å²) in [5, 5.41) is 25.6. The smallest absolute Gasteiger partial charge is 0.280 e. The third kappa shape index (κ3) is 2.66. The van der Waals surface area contributed by atoms with Crippen LogP contribution in [0.25, 0.3) is 10.9 Å². The number of nitro benzene ring substituents is 1. The Hall–Kier alpha value is -2.46. The van der Waals surface area contributed by atoms with E-state index in [1.807, 2.05) is 6.07 Å². The molecule has 1 aromatic heterocycles. The molecule has 1 atom stereocenters. The molecule has 1 saturated heterocycles. The van der Waals surface area contributed by atoms with E-state index in [0.29, 0.717) is 23.1 Å². The van der Waals surface area contributed by atoms with Gasteiger partial charge in [-0.25, -0.2) is 4.68 Å². The molecule has 0 bridgehead atoms. The number of hydrogen-bond acceptors (Lipinski definition) is 5. The van der Waals surface area contributed by atoms with Crippen LogP contribution in [0.15, 0.2) is 18.3 Å². The number of rotatable bonds is 3. The number of benzene rings is 1. The lowest BCUT2D eigenvalue weighted by molar-refractivity contribution is -0.383. The maximum Gasteiger partial charge on any atom is 0.280 e. The van der Waals surface area contributed by atoms with Gasteiger partial charge in [-0.05, 0) is 44.7 Å². The van der Waals surface area contributed by atoms with E-state index >= 15 is 0 Å². The Labute approximate surface area is 133 Å². The summed E-state index contributed by atoms with van der Waals surface area (Å²) < 4.78 is 7.45. The predicted molar refractivity (Wildman–Crippen MR) is 83.9 cm³/mol. The molecule has 0 aliphatic carbocycles. The fourth-order valence-electron chi connectivity index (χ4n) is 2.85. The molecule has 2 heterocycles. The quantitative estimate of drug-likeness (QED) is 0.639. The topological polar surface area (TPSA) is 94.0 Å². The number of ether oxygens (including phenoxy) is 1. The molecule has 120 valence electrons. The van der Waals surface area contributed by atoms with E-state index in [1.54, 1.807) is 18.5 Å². The van der Waals surface area contributed by atoms with Crippen LogP contribution in [0.5, 0.6) is 0 Å². The molecule has 1 unspecified atom stereocenters.